The summed E-state index contributed by atoms with van der Waals surface area (Å²) >= 11 is 1.52. The molecule has 116 valence electrons. The van der Waals surface area contributed by atoms with Crippen molar-refractivity contribution in [2.24, 2.45) is 0 Å². The molecule has 0 amide bonds. The molecule has 3 rings (SSSR count). The van der Waals surface area contributed by atoms with E-state index in [0.29, 0.717) is 6.04 Å². The predicted octanol–water partition coefficient (Wildman–Crippen LogP) is 3.90. The zero-order chi connectivity index (χ0) is 15.9. The summed E-state index contributed by atoms with van der Waals surface area (Å²) < 4.78 is 2.18. The van der Waals surface area contributed by atoms with Gasteiger partial charge in [-0.3, -0.25) is 4.79 Å². The lowest BCUT2D eigenvalue weighted by Gasteiger charge is -2.13. The minimum Gasteiger partial charge on any atom is -0.303 e. The van der Waals surface area contributed by atoms with Crippen LogP contribution in [0.3, 0.4) is 0 Å². The van der Waals surface area contributed by atoms with Crippen LogP contribution < -0.4 is 0 Å². The van der Waals surface area contributed by atoms with Crippen LogP contribution in [0.15, 0.2) is 23.4 Å². The van der Waals surface area contributed by atoms with Crippen molar-refractivity contribution < 1.29 is 4.79 Å². The Kier molecular flexibility index (Phi) is 4.08. The van der Waals surface area contributed by atoms with Crippen molar-refractivity contribution in [2.75, 3.05) is 0 Å². The molecule has 0 aliphatic heterocycles. The average molecular weight is 315 g/mol. The quantitative estimate of drug-likeness (QED) is 0.620. The average Bonchev–Trinajstić information content (AvgIpc) is 3.25. The second-order valence-electron chi connectivity index (χ2n) is 6.07. The maximum absolute atomic E-state index is 12.7. The molecule has 1 saturated carbocycles. The minimum atomic E-state index is -0.165. The third-order valence-corrected chi connectivity index (χ3v) is 5.11. The van der Waals surface area contributed by atoms with Gasteiger partial charge in [-0.15, -0.1) is 10.2 Å². The molecular formula is C17H21N3OS. The lowest BCUT2D eigenvalue weighted by molar-refractivity contribution is 0.0993. The summed E-state index contributed by atoms with van der Waals surface area (Å²) in [6.07, 6.45) is 2.37. The van der Waals surface area contributed by atoms with Crippen LogP contribution >= 0.6 is 11.8 Å². The van der Waals surface area contributed by atoms with E-state index in [0.717, 1.165) is 27.7 Å². The van der Waals surface area contributed by atoms with E-state index >= 15 is 0 Å². The first kappa shape index (κ1) is 15.3. The van der Waals surface area contributed by atoms with Gasteiger partial charge in [0, 0.05) is 11.6 Å². The Bertz CT molecular complexity index is 719. The molecule has 22 heavy (non-hydrogen) atoms. The van der Waals surface area contributed by atoms with Crippen LogP contribution in [0.2, 0.25) is 0 Å². The number of Topliss-reactive ketones (excluding diaryl/α,β-unsaturated/α-hetero) is 1. The van der Waals surface area contributed by atoms with Gasteiger partial charge >= 0.3 is 0 Å². The number of hydrogen-bond acceptors (Lipinski definition) is 4. The number of hydrogen-bond donors (Lipinski definition) is 0. The smallest absolute Gasteiger partial charge is 0.192 e. The highest BCUT2D eigenvalue weighted by atomic mass is 32.2. The number of ketones is 1. The molecule has 1 aliphatic rings. The highest BCUT2D eigenvalue weighted by Crippen LogP contribution is 2.39. The number of thioether (sulfide) groups is 1. The summed E-state index contributed by atoms with van der Waals surface area (Å²) in [6, 6.07) is 6.56. The second kappa shape index (κ2) is 5.88. The summed E-state index contributed by atoms with van der Waals surface area (Å²) in [5.41, 5.74) is 2.96. The van der Waals surface area contributed by atoms with Crippen molar-refractivity contribution in [1.29, 1.82) is 0 Å². The van der Waals surface area contributed by atoms with Crippen LogP contribution in [-0.2, 0) is 0 Å². The largest absolute Gasteiger partial charge is 0.303 e. The molecule has 1 fully saturated rings. The lowest BCUT2D eigenvalue weighted by atomic mass is 10.0. The van der Waals surface area contributed by atoms with Crippen LogP contribution in [0.4, 0.5) is 0 Å². The van der Waals surface area contributed by atoms with E-state index in [2.05, 4.69) is 14.8 Å². The minimum absolute atomic E-state index is 0.161. The first-order valence-corrected chi connectivity index (χ1v) is 8.55. The molecule has 1 aromatic heterocycles. The Morgan fingerprint density at radius 2 is 2.00 bits per heavy atom. The summed E-state index contributed by atoms with van der Waals surface area (Å²) in [4.78, 5) is 12.7. The number of carbonyl (C=O) groups excluding carboxylic acids is 1. The van der Waals surface area contributed by atoms with Crippen LogP contribution in [0.25, 0.3) is 0 Å². The molecule has 2 aromatic rings. The fourth-order valence-electron chi connectivity index (χ4n) is 2.62. The number of aryl methyl sites for hydroxylation is 3. The van der Waals surface area contributed by atoms with Crippen LogP contribution in [0, 0.1) is 20.8 Å². The van der Waals surface area contributed by atoms with E-state index in [9.17, 15) is 4.79 Å². The molecule has 0 radical (unpaired) electrons. The Hall–Kier alpha value is -1.62. The molecule has 1 heterocycles. The van der Waals surface area contributed by atoms with Crippen molar-refractivity contribution in [2.45, 2.75) is 57.0 Å². The van der Waals surface area contributed by atoms with Crippen LogP contribution in [0.1, 0.15) is 53.1 Å². The molecule has 5 heteroatoms. The van der Waals surface area contributed by atoms with Gasteiger partial charge in [0.1, 0.15) is 5.82 Å². The maximum atomic E-state index is 12.7. The third-order valence-electron chi connectivity index (χ3n) is 4.06. The van der Waals surface area contributed by atoms with Crippen molar-refractivity contribution in [3.8, 4) is 0 Å². The summed E-state index contributed by atoms with van der Waals surface area (Å²) in [7, 11) is 0. The van der Waals surface area contributed by atoms with Crippen molar-refractivity contribution in [3.63, 3.8) is 0 Å². The summed E-state index contributed by atoms with van der Waals surface area (Å²) in [5, 5.41) is 9.13. The molecule has 0 bridgehead atoms. The molecule has 0 N–H and O–H groups in total. The lowest BCUT2D eigenvalue weighted by Crippen LogP contribution is -2.16. The molecule has 1 atom stereocenters. The van der Waals surface area contributed by atoms with Gasteiger partial charge < -0.3 is 4.57 Å². The van der Waals surface area contributed by atoms with Gasteiger partial charge in [-0.05, 0) is 52.2 Å². The van der Waals surface area contributed by atoms with Gasteiger partial charge in [-0.2, -0.15) is 0 Å². The highest BCUT2D eigenvalue weighted by Gasteiger charge is 2.30. The molecule has 0 unspecified atom stereocenters. The Morgan fingerprint density at radius 1 is 1.27 bits per heavy atom. The zero-order valence-corrected chi connectivity index (χ0v) is 14.3. The summed E-state index contributed by atoms with van der Waals surface area (Å²) in [5.74, 6) is 1.10. The molecule has 1 aromatic carbocycles. The second-order valence-corrected chi connectivity index (χ2v) is 7.38. The van der Waals surface area contributed by atoms with Gasteiger partial charge in [0.15, 0.2) is 10.9 Å². The maximum Gasteiger partial charge on any atom is 0.192 e. The van der Waals surface area contributed by atoms with Crippen molar-refractivity contribution >= 4 is 17.5 Å². The fourth-order valence-corrected chi connectivity index (χ4v) is 3.65. The van der Waals surface area contributed by atoms with Crippen molar-refractivity contribution in [3.05, 3.63) is 40.7 Å². The van der Waals surface area contributed by atoms with Gasteiger partial charge in [0.05, 0.1) is 5.25 Å². The number of aromatic nitrogens is 3. The molecule has 0 spiro atoms. The van der Waals surface area contributed by atoms with E-state index in [4.69, 9.17) is 0 Å². The number of carbonyl (C=O) groups is 1. The van der Waals surface area contributed by atoms with Gasteiger partial charge in [0.2, 0.25) is 0 Å². The monoisotopic (exact) mass is 315 g/mol. The molecule has 4 nitrogen and oxygen atoms in total. The van der Waals surface area contributed by atoms with E-state index in [-0.39, 0.29) is 11.0 Å². The molecular weight excluding hydrogens is 294 g/mol. The fraction of sp³-hybridized carbons (Fsp3) is 0.471. The normalized spacial score (nSPS) is 15.8. The first-order chi connectivity index (χ1) is 10.5. The van der Waals surface area contributed by atoms with Gasteiger partial charge in [0.25, 0.3) is 0 Å². The number of nitrogens with zero attached hydrogens (tertiary/aromatic N) is 3. The Morgan fingerprint density at radius 3 is 2.68 bits per heavy atom. The van der Waals surface area contributed by atoms with Crippen LogP contribution in [0.5, 0.6) is 0 Å². The first-order valence-electron chi connectivity index (χ1n) is 7.67. The van der Waals surface area contributed by atoms with E-state index in [1.807, 2.05) is 45.9 Å². The standard InChI is InChI=1S/C17H21N3OS/c1-10-5-6-11(2)15(9-10)16(21)12(3)22-17-19-18-13(4)20(17)14-7-8-14/h5-6,9,12,14H,7-8H2,1-4H3/t12-/m1/s1. The topological polar surface area (TPSA) is 47.8 Å². The number of benzene rings is 1. The number of rotatable bonds is 5. The van der Waals surface area contributed by atoms with Gasteiger partial charge in [-0.1, -0.05) is 29.5 Å². The zero-order valence-electron chi connectivity index (χ0n) is 13.5. The highest BCUT2D eigenvalue weighted by molar-refractivity contribution is 8.00. The Balaban J connectivity index is 1.81. The molecule has 0 saturated heterocycles. The Labute approximate surface area is 135 Å². The summed E-state index contributed by atoms with van der Waals surface area (Å²) in [6.45, 7) is 7.94. The van der Waals surface area contributed by atoms with E-state index < -0.39 is 0 Å². The predicted molar refractivity (Wildman–Crippen MR) is 88.6 cm³/mol. The SMILES string of the molecule is Cc1ccc(C)c(C(=O)[C@@H](C)Sc2nnc(C)n2C2CC2)c1. The van der Waals surface area contributed by atoms with E-state index in [1.54, 1.807) is 0 Å². The molecule has 1 aliphatic carbocycles. The van der Waals surface area contributed by atoms with E-state index in [1.165, 1.54) is 24.6 Å². The van der Waals surface area contributed by atoms with Gasteiger partial charge in [-0.25, -0.2) is 0 Å². The van der Waals surface area contributed by atoms with Crippen LogP contribution in [-0.4, -0.2) is 25.8 Å². The van der Waals surface area contributed by atoms with Crippen molar-refractivity contribution in [1.82, 2.24) is 14.8 Å². The third kappa shape index (κ3) is 2.95.